The second-order valence-corrected chi connectivity index (χ2v) is 10.2. The molecule has 1 aliphatic rings. The third kappa shape index (κ3) is 4.84. The second-order valence-electron chi connectivity index (χ2n) is 8.07. The Balaban J connectivity index is 1.49. The molecule has 0 N–H and O–H groups in total. The van der Waals surface area contributed by atoms with E-state index in [0.717, 1.165) is 11.1 Å². The molecule has 9 heteroatoms. The molecular formula is C24H27N3O4S2. The third-order valence-corrected chi connectivity index (χ3v) is 7.92. The Bertz CT molecular complexity index is 1210. The lowest BCUT2D eigenvalue weighted by Gasteiger charge is -2.32. The maximum atomic E-state index is 13.2. The average molecular weight is 486 g/mol. The summed E-state index contributed by atoms with van der Waals surface area (Å²) in [6.45, 7) is 5.07. The van der Waals surface area contributed by atoms with Crippen LogP contribution in [0.3, 0.4) is 0 Å². The van der Waals surface area contributed by atoms with Crippen LogP contribution in [-0.2, 0) is 21.4 Å². The number of benzene rings is 1. The number of hydrogen-bond acceptors (Lipinski definition) is 7. The first-order valence-electron chi connectivity index (χ1n) is 11.1. The Morgan fingerprint density at radius 2 is 1.94 bits per heavy atom. The van der Waals surface area contributed by atoms with Crippen molar-refractivity contribution in [1.82, 2.24) is 14.5 Å². The van der Waals surface area contributed by atoms with Gasteiger partial charge in [-0.1, -0.05) is 42.1 Å². The molecule has 0 radical (unpaired) electrons. The second kappa shape index (κ2) is 10.1. The summed E-state index contributed by atoms with van der Waals surface area (Å²) in [5, 5.41) is 2.70. The molecule has 0 bridgehead atoms. The first-order chi connectivity index (χ1) is 15.9. The van der Waals surface area contributed by atoms with E-state index in [9.17, 15) is 14.4 Å². The van der Waals surface area contributed by atoms with Crippen molar-refractivity contribution < 1.29 is 14.3 Å². The van der Waals surface area contributed by atoms with Crippen LogP contribution in [0.5, 0.6) is 0 Å². The van der Waals surface area contributed by atoms with Crippen LogP contribution in [0, 0.1) is 5.92 Å². The number of ether oxygens (including phenoxy) is 1. The number of rotatable bonds is 6. The Labute approximate surface area is 200 Å². The van der Waals surface area contributed by atoms with Gasteiger partial charge in [0.05, 0.1) is 23.2 Å². The SMILES string of the molecule is CCOC(=O)C1CCN(C(=O)[C@H](C)Sc2nc3scc(-c4ccccc4)c3c(=O)n2C)CC1. The summed E-state index contributed by atoms with van der Waals surface area (Å²) in [4.78, 5) is 45.4. The summed E-state index contributed by atoms with van der Waals surface area (Å²) in [6, 6.07) is 9.80. The molecule has 0 spiro atoms. The molecule has 1 aliphatic heterocycles. The summed E-state index contributed by atoms with van der Waals surface area (Å²) in [6.07, 6.45) is 1.23. The largest absolute Gasteiger partial charge is 0.466 e. The number of thiophene rings is 1. The monoisotopic (exact) mass is 485 g/mol. The van der Waals surface area contributed by atoms with Gasteiger partial charge < -0.3 is 9.64 Å². The van der Waals surface area contributed by atoms with Crippen molar-refractivity contribution in [2.24, 2.45) is 13.0 Å². The van der Waals surface area contributed by atoms with Gasteiger partial charge in [-0.3, -0.25) is 19.0 Å². The minimum absolute atomic E-state index is 0.00666. The van der Waals surface area contributed by atoms with Crippen LogP contribution in [0.15, 0.2) is 45.7 Å². The Hall–Kier alpha value is -2.65. The number of esters is 1. The Kier molecular flexibility index (Phi) is 7.19. The quantitative estimate of drug-likeness (QED) is 0.299. The van der Waals surface area contributed by atoms with E-state index in [4.69, 9.17) is 9.72 Å². The van der Waals surface area contributed by atoms with Gasteiger partial charge in [0, 0.05) is 31.1 Å². The predicted molar refractivity (Wildman–Crippen MR) is 132 cm³/mol. The number of carbonyl (C=O) groups excluding carboxylic acids is 2. The first kappa shape index (κ1) is 23.5. The molecule has 2 aromatic heterocycles. The summed E-state index contributed by atoms with van der Waals surface area (Å²) in [7, 11) is 1.70. The van der Waals surface area contributed by atoms with E-state index in [-0.39, 0.29) is 23.4 Å². The van der Waals surface area contributed by atoms with E-state index in [1.807, 2.05) is 42.6 Å². The van der Waals surface area contributed by atoms with Crippen LogP contribution in [-0.4, -0.2) is 51.3 Å². The molecule has 3 heterocycles. The van der Waals surface area contributed by atoms with E-state index in [1.165, 1.54) is 27.7 Å². The van der Waals surface area contributed by atoms with Gasteiger partial charge in [-0.25, -0.2) is 4.98 Å². The van der Waals surface area contributed by atoms with Gasteiger partial charge in [0.2, 0.25) is 5.91 Å². The van der Waals surface area contributed by atoms with Crippen molar-refractivity contribution in [1.29, 1.82) is 0 Å². The summed E-state index contributed by atoms with van der Waals surface area (Å²) in [5.41, 5.74) is 1.75. The number of hydrogen-bond donors (Lipinski definition) is 0. The molecule has 0 unspecified atom stereocenters. The zero-order chi connectivity index (χ0) is 23.5. The van der Waals surface area contributed by atoms with Crippen molar-refractivity contribution in [3.63, 3.8) is 0 Å². The van der Waals surface area contributed by atoms with Crippen LogP contribution in [0.25, 0.3) is 21.3 Å². The molecule has 0 aliphatic carbocycles. The van der Waals surface area contributed by atoms with E-state index in [0.29, 0.717) is 47.9 Å². The van der Waals surface area contributed by atoms with Crippen LogP contribution in [0.1, 0.15) is 26.7 Å². The van der Waals surface area contributed by atoms with Gasteiger partial charge in [-0.2, -0.15) is 0 Å². The van der Waals surface area contributed by atoms with E-state index >= 15 is 0 Å². The van der Waals surface area contributed by atoms with Gasteiger partial charge in [0.1, 0.15) is 4.83 Å². The molecule has 33 heavy (non-hydrogen) atoms. The van der Waals surface area contributed by atoms with E-state index < -0.39 is 5.25 Å². The van der Waals surface area contributed by atoms with Gasteiger partial charge in [-0.15, -0.1) is 11.3 Å². The lowest BCUT2D eigenvalue weighted by Crippen LogP contribution is -2.43. The number of fused-ring (bicyclic) bond motifs is 1. The number of amides is 1. The molecule has 3 aromatic rings. The molecule has 4 rings (SSSR count). The van der Waals surface area contributed by atoms with Crippen molar-refractivity contribution >= 4 is 45.2 Å². The van der Waals surface area contributed by atoms with Crippen molar-refractivity contribution in [2.75, 3.05) is 19.7 Å². The molecule has 1 amide bonds. The number of nitrogens with zero attached hydrogens (tertiary/aromatic N) is 3. The van der Waals surface area contributed by atoms with Gasteiger partial charge in [0.25, 0.3) is 5.56 Å². The molecule has 0 saturated carbocycles. The molecular weight excluding hydrogens is 458 g/mol. The van der Waals surface area contributed by atoms with Gasteiger partial charge in [-0.05, 0) is 32.3 Å². The highest BCUT2D eigenvalue weighted by molar-refractivity contribution is 8.00. The van der Waals surface area contributed by atoms with Crippen LogP contribution < -0.4 is 5.56 Å². The van der Waals surface area contributed by atoms with Crippen LogP contribution in [0.4, 0.5) is 0 Å². The molecule has 1 aromatic carbocycles. The van der Waals surface area contributed by atoms with Crippen molar-refractivity contribution in [3.8, 4) is 11.1 Å². The zero-order valence-corrected chi connectivity index (χ0v) is 20.6. The smallest absolute Gasteiger partial charge is 0.309 e. The molecule has 1 atom stereocenters. The zero-order valence-electron chi connectivity index (χ0n) is 18.9. The van der Waals surface area contributed by atoms with Crippen molar-refractivity contribution in [3.05, 3.63) is 46.1 Å². The molecule has 7 nitrogen and oxygen atoms in total. The number of thioether (sulfide) groups is 1. The minimum Gasteiger partial charge on any atom is -0.466 e. The normalized spacial score (nSPS) is 15.5. The molecule has 174 valence electrons. The van der Waals surface area contributed by atoms with Crippen LogP contribution >= 0.6 is 23.1 Å². The summed E-state index contributed by atoms with van der Waals surface area (Å²) < 4.78 is 6.64. The average Bonchev–Trinajstić information content (AvgIpc) is 3.26. The lowest BCUT2D eigenvalue weighted by atomic mass is 9.97. The minimum atomic E-state index is -0.395. The Morgan fingerprint density at radius 3 is 2.61 bits per heavy atom. The summed E-state index contributed by atoms with van der Waals surface area (Å²) >= 11 is 2.74. The molecule has 1 saturated heterocycles. The number of likely N-dealkylation sites (tertiary alicyclic amines) is 1. The lowest BCUT2D eigenvalue weighted by molar-refractivity contribution is -0.151. The third-order valence-electron chi connectivity index (χ3n) is 5.92. The van der Waals surface area contributed by atoms with Gasteiger partial charge in [0.15, 0.2) is 5.16 Å². The summed E-state index contributed by atoms with van der Waals surface area (Å²) in [5.74, 6) is -0.322. The number of piperidine rings is 1. The first-order valence-corrected chi connectivity index (χ1v) is 12.8. The fraction of sp³-hybridized carbons (Fsp3) is 0.417. The fourth-order valence-electron chi connectivity index (χ4n) is 4.05. The van der Waals surface area contributed by atoms with Gasteiger partial charge >= 0.3 is 5.97 Å². The molecule has 1 fully saturated rings. The highest BCUT2D eigenvalue weighted by Gasteiger charge is 2.31. The van der Waals surface area contributed by atoms with E-state index in [1.54, 1.807) is 18.9 Å². The predicted octanol–water partition coefficient (Wildman–Crippen LogP) is 3.94. The highest BCUT2D eigenvalue weighted by Crippen LogP contribution is 2.33. The van der Waals surface area contributed by atoms with Crippen molar-refractivity contribution in [2.45, 2.75) is 37.1 Å². The van der Waals surface area contributed by atoms with E-state index in [2.05, 4.69) is 0 Å². The standard InChI is InChI=1S/C24H27N3O4S2/c1-4-31-23(30)17-10-12-27(13-11-17)21(28)15(2)33-24-25-20-19(22(29)26(24)3)18(14-32-20)16-8-6-5-7-9-16/h5-9,14-15,17H,4,10-13H2,1-3H3/t15-/m0/s1. The Morgan fingerprint density at radius 1 is 1.24 bits per heavy atom. The topological polar surface area (TPSA) is 81.5 Å². The maximum Gasteiger partial charge on any atom is 0.309 e. The number of carbonyl (C=O) groups is 2. The maximum absolute atomic E-state index is 13.2. The highest BCUT2D eigenvalue weighted by atomic mass is 32.2. The van der Waals surface area contributed by atoms with Crippen LogP contribution in [0.2, 0.25) is 0 Å². The number of aromatic nitrogens is 2. The fourth-order valence-corrected chi connectivity index (χ4v) is 6.00.